The predicted molar refractivity (Wildman–Crippen MR) is 117 cm³/mol. The molecular weight excluding hydrogens is 397 g/mol. The van der Waals surface area contributed by atoms with Gasteiger partial charge in [-0.3, -0.25) is 4.79 Å². The number of fused-ring (bicyclic) bond motifs is 1. The number of nitrogens with zero attached hydrogens (tertiary/aromatic N) is 2. The monoisotopic (exact) mass is 425 g/mol. The summed E-state index contributed by atoms with van der Waals surface area (Å²) in [7, 11) is 0. The molecule has 0 spiro atoms. The third kappa shape index (κ3) is 5.19. The van der Waals surface area contributed by atoms with Crippen molar-refractivity contribution in [3.05, 3.63) is 53.7 Å². The van der Waals surface area contributed by atoms with Gasteiger partial charge in [0.15, 0.2) is 0 Å². The minimum absolute atomic E-state index is 0.0512. The van der Waals surface area contributed by atoms with Crippen molar-refractivity contribution in [1.29, 1.82) is 0 Å². The van der Waals surface area contributed by atoms with Crippen LogP contribution in [0.25, 0.3) is 11.0 Å². The summed E-state index contributed by atoms with van der Waals surface area (Å²) in [5.74, 6) is -0.498. The van der Waals surface area contributed by atoms with E-state index in [0.717, 1.165) is 48.5 Å². The lowest BCUT2D eigenvalue weighted by Crippen LogP contribution is -2.39. The lowest BCUT2D eigenvalue weighted by Gasteiger charge is -2.30. The number of ether oxygens (including phenoxy) is 1. The topological polar surface area (TPSA) is 91.9 Å². The summed E-state index contributed by atoms with van der Waals surface area (Å²) in [6, 6.07) is 5.14. The SMILES string of the molecule is CC(C)OC1CCC(NC(=O)c2cc(F)cnc2NCc2ccnc3[nH]ccc23)CC1. The van der Waals surface area contributed by atoms with Crippen molar-refractivity contribution in [2.75, 3.05) is 5.32 Å². The fraction of sp³-hybridized carbons (Fsp3) is 0.435. The first-order chi connectivity index (χ1) is 15.0. The van der Waals surface area contributed by atoms with Gasteiger partial charge in [-0.25, -0.2) is 14.4 Å². The van der Waals surface area contributed by atoms with Gasteiger partial charge in [-0.2, -0.15) is 0 Å². The highest BCUT2D eigenvalue weighted by molar-refractivity contribution is 5.99. The van der Waals surface area contributed by atoms with Crippen molar-refractivity contribution in [3.8, 4) is 0 Å². The number of amides is 1. The van der Waals surface area contributed by atoms with E-state index in [1.165, 1.54) is 6.07 Å². The summed E-state index contributed by atoms with van der Waals surface area (Å²) in [6.45, 7) is 4.51. The van der Waals surface area contributed by atoms with Gasteiger partial charge >= 0.3 is 0 Å². The fourth-order valence-corrected chi connectivity index (χ4v) is 4.10. The van der Waals surface area contributed by atoms with E-state index in [4.69, 9.17) is 4.74 Å². The normalized spacial score (nSPS) is 19.0. The number of hydrogen-bond donors (Lipinski definition) is 3. The zero-order chi connectivity index (χ0) is 21.8. The number of nitrogens with one attached hydrogen (secondary N) is 3. The molecule has 0 radical (unpaired) electrons. The van der Waals surface area contributed by atoms with Gasteiger partial charge in [0.25, 0.3) is 5.91 Å². The second-order valence-electron chi connectivity index (χ2n) is 8.25. The third-order valence-corrected chi connectivity index (χ3v) is 5.57. The van der Waals surface area contributed by atoms with Crippen molar-refractivity contribution in [2.24, 2.45) is 0 Å². The minimum atomic E-state index is -0.540. The maximum absolute atomic E-state index is 13.9. The van der Waals surface area contributed by atoms with Crippen LogP contribution in [0.2, 0.25) is 0 Å². The molecule has 0 bridgehead atoms. The molecule has 0 aliphatic heterocycles. The van der Waals surface area contributed by atoms with Gasteiger partial charge in [0, 0.05) is 30.4 Å². The minimum Gasteiger partial charge on any atom is -0.376 e. The van der Waals surface area contributed by atoms with Crippen LogP contribution < -0.4 is 10.6 Å². The van der Waals surface area contributed by atoms with E-state index in [1.807, 2.05) is 32.2 Å². The second kappa shape index (κ2) is 9.43. The smallest absolute Gasteiger partial charge is 0.255 e. The molecule has 3 aromatic heterocycles. The number of H-pyrrole nitrogens is 1. The lowest BCUT2D eigenvalue weighted by atomic mass is 9.92. The Morgan fingerprint density at radius 2 is 2.06 bits per heavy atom. The summed E-state index contributed by atoms with van der Waals surface area (Å²) in [5, 5.41) is 7.22. The molecule has 164 valence electrons. The fourth-order valence-electron chi connectivity index (χ4n) is 4.10. The molecule has 7 nitrogen and oxygen atoms in total. The number of aromatic nitrogens is 3. The van der Waals surface area contributed by atoms with Gasteiger partial charge in [-0.15, -0.1) is 0 Å². The van der Waals surface area contributed by atoms with Crippen molar-refractivity contribution in [1.82, 2.24) is 20.3 Å². The van der Waals surface area contributed by atoms with Gasteiger partial charge in [0.1, 0.15) is 17.3 Å². The highest BCUT2D eigenvalue weighted by Gasteiger charge is 2.25. The van der Waals surface area contributed by atoms with Crippen molar-refractivity contribution < 1.29 is 13.9 Å². The molecule has 4 rings (SSSR count). The maximum atomic E-state index is 13.9. The Morgan fingerprint density at radius 3 is 2.84 bits per heavy atom. The number of carbonyl (C=O) groups is 1. The standard InChI is InChI=1S/C23H28FN5O2/c1-14(2)31-18-5-3-17(4-6-18)29-23(30)20-11-16(24)13-28-22(20)27-12-15-7-9-25-21-19(15)8-10-26-21/h7-11,13-14,17-18H,3-6,12H2,1-2H3,(H,25,26)(H,27,28)(H,29,30). The highest BCUT2D eigenvalue weighted by Crippen LogP contribution is 2.24. The average molecular weight is 426 g/mol. The number of pyridine rings is 2. The highest BCUT2D eigenvalue weighted by atomic mass is 19.1. The van der Waals surface area contributed by atoms with Crippen LogP contribution in [-0.2, 0) is 11.3 Å². The Bertz CT molecular complexity index is 1040. The maximum Gasteiger partial charge on any atom is 0.255 e. The van der Waals surface area contributed by atoms with Crippen LogP contribution in [0, 0.1) is 5.82 Å². The number of aromatic amines is 1. The third-order valence-electron chi connectivity index (χ3n) is 5.57. The summed E-state index contributed by atoms with van der Waals surface area (Å²) in [5.41, 5.74) is 2.01. The van der Waals surface area contributed by atoms with E-state index < -0.39 is 5.82 Å². The van der Waals surface area contributed by atoms with Crippen LogP contribution in [0.4, 0.5) is 10.2 Å². The molecule has 3 N–H and O–H groups in total. The molecule has 0 unspecified atom stereocenters. The van der Waals surface area contributed by atoms with Gasteiger partial charge in [-0.1, -0.05) is 0 Å². The molecule has 0 aromatic carbocycles. The van der Waals surface area contributed by atoms with Crippen LogP contribution in [0.1, 0.15) is 55.5 Å². The zero-order valence-electron chi connectivity index (χ0n) is 17.8. The largest absolute Gasteiger partial charge is 0.376 e. The molecule has 3 heterocycles. The van der Waals surface area contributed by atoms with Crippen LogP contribution in [0.3, 0.4) is 0 Å². The van der Waals surface area contributed by atoms with E-state index in [0.29, 0.717) is 12.4 Å². The molecule has 0 saturated heterocycles. The average Bonchev–Trinajstić information content (AvgIpc) is 3.23. The zero-order valence-corrected chi connectivity index (χ0v) is 17.8. The number of hydrogen-bond acceptors (Lipinski definition) is 5. The molecule has 1 amide bonds. The van der Waals surface area contributed by atoms with E-state index in [2.05, 4.69) is 25.6 Å². The molecule has 3 aromatic rings. The van der Waals surface area contributed by atoms with Crippen LogP contribution in [0.15, 0.2) is 36.8 Å². The van der Waals surface area contributed by atoms with Gasteiger partial charge in [0.2, 0.25) is 0 Å². The van der Waals surface area contributed by atoms with Crippen molar-refractivity contribution in [2.45, 2.75) is 64.3 Å². The van der Waals surface area contributed by atoms with E-state index in [-0.39, 0.29) is 29.7 Å². The lowest BCUT2D eigenvalue weighted by molar-refractivity contribution is -0.0159. The first-order valence-electron chi connectivity index (χ1n) is 10.8. The van der Waals surface area contributed by atoms with Crippen molar-refractivity contribution >= 4 is 22.8 Å². The molecule has 0 atom stereocenters. The van der Waals surface area contributed by atoms with Crippen molar-refractivity contribution in [3.63, 3.8) is 0 Å². The number of halogens is 1. The van der Waals surface area contributed by atoms with E-state index in [1.54, 1.807) is 6.20 Å². The van der Waals surface area contributed by atoms with E-state index in [9.17, 15) is 9.18 Å². The second-order valence-corrected chi connectivity index (χ2v) is 8.25. The Balaban J connectivity index is 1.42. The summed E-state index contributed by atoms with van der Waals surface area (Å²) in [6.07, 6.45) is 8.62. The Labute approximate surface area is 180 Å². The summed E-state index contributed by atoms with van der Waals surface area (Å²) >= 11 is 0. The number of anilines is 1. The summed E-state index contributed by atoms with van der Waals surface area (Å²) < 4.78 is 19.8. The molecule has 1 fully saturated rings. The molecular formula is C23H28FN5O2. The van der Waals surface area contributed by atoms with Crippen LogP contribution >= 0.6 is 0 Å². The Hall–Kier alpha value is -3.00. The summed E-state index contributed by atoms with van der Waals surface area (Å²) in [4.78, 5) is 24.4. The first kappa shape index (κ1) is 21.2. The predicted octanol–water partition coefficient (Wildman–Crippen LogP) is 4.18. The van der Waals surface area contributed by atoms with Gasteiger partial charge < -0.3 is 20.4 Å². The molecule has 8 heteroatoms. The molecule has 31 heavy (non-hydrogen) atoms. The van der Waals surface area contributed by atoms with E-state index >= 15 is 0 Å². The molecule has 1 aliphatic rings. The first-order valence-corrected chi connectivity index (χ1v) is 10.8. The molecule has 1 saturated carbocycles. The van der Waals surface area contributed by atoms with Gasteiger partial charge in [0.05, 0.1) is 24.0 Å². The Kier molecular flexibility index (Phi) is 6.46. The van der Waals surface area contributed by atoms with Crippen LogP contribution in [0.5, 0.6) is 0 Å². The quantitative estimate of drug-likeness (QED) is 0.528. The number of rotatable bonds is 7. The molecule has 1 aliphatic carbocycles. The van der Waals surface area contributed by atoms with Crippen LogP contribution in [-0.4, -0.2) is 39.1 Å². The van der Waals surface area contributed by atoms with Gasteiger partial charge in [-0.05, 0) is 63.3 Å². The number of carbonyl (C=O) groups excluding carboxylic acids is 1. The Morgan fingerprint density at radius 1 is 1.26 bits per heavy atom.